The van der Waals surface area contributed by atoms with E-state index in [-0.39, 0.29) is 31.3 Å². The normalized spacial score (nSPS) is 12.4. The molecule has 0 radical (unpaired) electrons. The molecule has 3 rings (SSSR count). The zero-order valence-corrected chi connectivity index (χ0v) is 25.9. The van der Waals surface area contributed by atoms with Gasteiger partial charge in [0.25, 0.3) is 0 Å². The Labute approximate surface area is 245 Å². The van der Waals surface area contributed by atoms with Crippen molar-refractivity contribution in [2.45, 2.75) is 72.0 Å². The van der Waals surface area contributed by atoms with E-state index in [1.165, 1.54) is 10.6 Å². The number of nitrogens with one attached hydrogen (secondary N) is 1. The number of carbonyl (C=O) groups excluding carboxylic acids is 2. The highest BCUT2D eigenvalue weighted by atomic mass is 32.2. The summed E-state index contributed by atoms with van der Waals surface area (Å²) in [6.07, 6.45) is 1.94. The molecule has 0 aliphatic carbocycles. The number of benzene rings is 3. The summed E-state index contributed by atoms with van der Waals surface area (Å²) < 4.78 is 26.6. The number of nitrogens with zero attached hydrogens (tertiary/aromatic N) is 2. The third-order valence-electron chi connectivity index (χ3n) is 6.81. The van der Waals surface area contributed by atoms with Gasteiger partial charge in [-0.1, -0.05) is 66.7 Å². The van der Waals surface area contributed by atoms with Crippen molar-refractivity contribution < 1.29 is 18.0 Å². The molecule has 0 unspecified atom stereocenters. The van der Waals surface area contributed by atoms with Crippen LogP contribution in [0.15, 0.2) is 78.9 Å². The maximum absolute atomic E-state index is 14.0. The Kier molecular flexibility index (Phi) is 10.7. The van der Waals surface area contributed by atoms with Crippen LogP contribution in [0.1, 0.15) is 55.9 Å². The Balaban J connectivity index is 1.91. The fraction of sp³-hybridized carbons (Fsp3) is 0.394. The van der Waals surface area contributed by atoms with Gasteiger partial charge in [0.1, 0.15) is 6.04 Å². The molecule has 7 nitrogen and oxygen atoms in total. The predicted molar refractivity (Wildman–Crippen MR) is 166 cm³/mol. The quantitative estimate of drug-likeness (QED) is 0.312. The fourth-order valence-electron chi connectivity index (χ4n) is 4.76. The molecule has 0 fully saturated rings. The molecule has 3 aromatic carbocycles. The minimum Gasteiger partial charge on any atom is -0.350 e. The number of sulfonamides is 1. The van der Waals surface area contributed by atoms with Gasteiger partial charge in [-0.25, -0.2) is 8.42 Å². The molecule has 2 amide bonds. The lowest BCUT2D eigenvalue weighted by atomic mass is 9.99. The van der Waals surface area contributed by atoms with Crippen molar-refractivity contribution in [3.05, 3.63) is 101 Å². The molecule has 0 spiro atoms. The van der Waals surface area contributed by atoms with E-state index >= 15 is 0 Å². The lowest BCUT2D eigenvalue weighted by Crippen LogP contribution is -2.54. The number of amides is 2. The maximum Gasteiger partial charge on any atom is 0.243 e. The van der Waals surface area contributed by atoms with Gasteiger partial charge in [-0.2, -0.15) is 0 Å². The first-order chi connectivity index (χ1) is 19.2. The van der Waals surface area contributed by atoms with Gasteiger partial charge >= 0.3 is 0 Å². The zero-order valence-electron chi connectivity index (χ0n) is 25.1. The van der Waals surface area contributed by atoms with Gasteiger partial charge in [-0.15, -0.1) is 0 Å². The standard InChI is InChI=1S/C33H43N3O4S/c1-25-14-12-19-29(22-25)36(41(6,39)40)21-13-20-31(37)35(24-28-18-11-10-15-26(28)2)30(32(38)34-33(3,4)5)23-27-16-8-7-9-17-27/h7-12,14-19,22,30H,13,20-21,23-24H2,1-6H3,(H,34,38)/t30-/m0/s1. The number of hydrogen-bond acceptors (Lipinski definition) is 4. The molecule has 0 saturated heterocycles. The van der Waals surface area contributed by atoms with Gasteiger partial charge in [0.05, 0.1) is 11.9 Å². The van der Waals surface area contributed by atoms with Crippen molar-refractivity contribution in [3.63, 3.8) is 0 Å². The Hall–Kier alpha value is -3.65. The van der Waals surface area contributed by atoms with Crippen LogP contribution in [0.25, 0.3) is 0 Å². The van der Waals surface area contributed by atoms with Crippen LogP contribution < -0.4 is 9.62 Å². The van der Waals surface area contributed by atoms with Crippen molar-refractivity contribution >= 4 is 27.5 Å². The smallest absolute Gasteiger partial charge is 0.243 e. The lowest BCUT2D eigenvalue weighted by Gasteiger charge is -2.34. The monoisotopic (exact) mass is 577 g/mol. The minimum atomic E-state index is -3.55. The Morgan fingerprint density at radius 1 is 0.902 bits per heavy atom. The van der Waals surface area contributed by atoms with Crippen LogP contribution in [0.3, 0.4) is 0 Å². The summed E-state index contributed by atoms with van der Waals surface area (Å²) in [5, 5.41) is 3.08. The van der Waals surface area contributed by atoms with Crippen LogP contribution in [-0.4, -0.2) is 49.5 Å². The van der Waals surface area contributed by atoms with E-state index in [0.717, 1.165) is 22.3 Å². The van der Waals surface area contributed by atoms with Crippen LogP contribution in [0.5, 0.6) is 0 Å². The van der Waals surface area contributed by atoms with E-state index in [2.05, 4.69) is 5.32 Å². The van der Waals surface area contributed by atoms with E-state index in [4.69, 9.17) is 0 Å². The third-order valence-corrected chi connectivity index (χ3v) is 8.01. The summed E-state index contributed by atoms with van der Waals surface area (Å²) in [5.74, 6) is -0.420. The highest BCUT2D eigenvalue weighted by molar-refractivity contribution is 7.92. The van der Waals surface area contributed by atoms with Gasteiger partial charge in [0.15, 0.2) is 0 Å². The lowest BCUT2D eigenvalue weighted by molar-refractivity contribution is -0.142. The third kappa shape index (κ3) is 9.74. The van der Waals surface area contributed by atoms with E-state index in [0.29, 0.717) is 18.5 Å². The minimum absolute atomic E-state index is 0.0950. The van der Waals surface area contributed by atoms with Crippen LogP contribution in [0.4, 0.5) is 5.69 Å². The number of carbonyl (C=O) groups is 2. The Bertz CT molecular complexity index is 1430. The van der Waals surface area contributed by atoms with Crippen molar-refractivity contribution in [1.82, 2.24) is 10.2 Å². The number of rotatable bonds is 12. The molecule has 0 bridgehead atoms. The molecule has 1 N–H and O–H groups in total. The number of anilines is 1. The molecule has 0 heterocycles. The van der Waals surface area contributed by atoms with E-state index in [1.807, 2.05) is 107 Å². The summed E-state index contributed by atoms with van der Waals surface area (Å²) in [6, 6.07) is 24.1. The molecule has 220 valence electrons. The molecular formula is C33H43N3O4S. The Morgan fingerprint density at radius 3 is 2.17 bits per heavy atom. The molecular weight excluding hydrogens is 534 g/mol. The molecule has 1 atom stereocenters. The average molecular weight is 578 g/mol. The second kappa shape index (κ2) is 13.8. The van der Waals surface area contributed by atoms with Crippen molar-refractivity contribution in [1.29, 1.82) is 0 Å². The summed E-state index contributed by atoms with van der Waals surface area (Å²) in [5.41, 5.74) is 3.98. The van der Waals surface area contributed by atoms with Crippen LogP contribution in [-0.2, 0) is 32.6 Å². The van der Waals surface area contributed by atoms with Crippen LogP contribution in [0.2, 0.25) is 0 Å². The van der Waals surface area contributed by atoms with Crippen LogP contribution >= 0.6 is 0 Å². The highest BCUT2D eigenvalue weighted by Gasteiger charge is 2.32. The van der Waals surface area contributed by atoms with E-state index in [9.17, 15) is 18.0 Å². The highest BCUT2D eigenvalue weighted by Crippen LogP contribution is 2.22. The largest absolute Gasteiger partial charge is 0.350 e. The summed E-state index contributed by atoms with van der Waals surface area (Å²) >= 11 is 0. The molecule has 0 saturated carbocycles. The van der Waals surface area contributed by atoms with E-state index < -0.39 is 21.6 Å². The first kappa shape index (κ1) is 31.9. The molecule has 0 aromatic heterocycles. The maximum atomic E-state index is 14.0. The molecule has 3 aromatic rings. The topological polar surface area (TPSA) is 86.8 Å². The number of hydrogen-bond donors (Lipinski definition) is 1. The Morgan fingerprint density at radius 2 is 1.56 bits per heavy atom. The van der Waals surface area contributed by atoms with Crippen molar-refractivity contribution in [2.75, 3.05) is 17.1 Å². The van der Waals surface area contributed by atoms with Gasteiger partial charge in [0, 0.05) is 31.5 Å². The SMILES string of the molecule is Cc1cccc(N(CCCC(=O)N(Cc2ccccc2C)[C@@H](Cc2ccccc2)C(=O)NC(C)(C)C)S(C)(=O)=O)c1. The van der Waals surface area contributed by atoms with Gasteiger partial charge < -0.3 is 10.2 Å². The molecule has 41 heavy (non-hydrogen) atoms. The summed E-state index contributed by atoms with van der Waals surface area (Å²) in [6.45, 7) is 10.1. The molecule has 0 aliphatic rings. The first-order valence-electron chi connectivity index (χ1n) is 14.0. The molecule has 8 heteroatoms. The van der Waals surface area contributed by atoms with Crippen molar-refractivity contribution in [3.8, 4) is 0 Å². The first-order valence-corrected chi connectivity index (χ1v) is 15.8. The van der Waals surface area contributed by atoms with Gasteiger partial charge in [-0.3, -0.25) is 13.9 Å². The predicted octanol–water partition coefficient (Wildman–Crippen LogP) is 5.40. The van der Waals surface area contributed by atoms with Crippen molar-refractivity contribution in [2.24, 2.45) is 0 Å². The molecule has 0 aliphatic heterocycles. The van der Waals surface area contributed by atoms with Gasteiger partial charge in [-0.05, 0) is 75.4 Å². The fourth-order valence-corrected chi connectivity index (χ4v) is 5.72. The summed E-state index contributed by atoms with van der Waals surface area (Å²) in [4.78, 5) is 29.3. The average Bonchev–Trinajstić information content (AvgIpc) is 2.88. The van der Waals surface area contributed by atoms with Crippen LogP contribution in [0, 0.1) is 13.8 Å². The second-order valence-electron chi connectivity index (χ2n) is 11.7. The van der Waals surface area contributed by atoms with Gasteiger partial charge in [0.2, 0.25) is 21.8 Å². The zero-order chi connectivity index (χ0) is 30.2. The number of aryl methyl sites for hydroxylation is 2. The summed E-state index contributed by atoms with van der Waals surface area (Å²) in [7, 11) is -3.55. The van der Waals surface area contributed by atoms with E-state index in [1.54, 1.807) is 11.0 Å². The second-order valence-corrected chi connectivity index (χ2v) is 13.6.